The minimum absolute atomic E-state index is 0.00332. The van der Waals surface area contributed by atoms with Crippen LogP contribution in [0, 0.1) is 0 Å². The highest BCUT2D eigenvalue weighted by atomic mass is 16.5. The highest BCUT2D eigenvalue weighted by Crippen LogP contribution is 2.11. The van der Waals surface area contributed by atoms with Crippen molar-refractivity contribution >= 4 is 17.9 Å². The summed E-state index contributed by atoms with van der Waals surface area (Å²) in [5.74, 6) is -0.739. The molecule has 170 valence electrons. The largest absolute Gasteiger partial charge is 0.445 e. The number of benzene rings is 2. The summed E-state index contributed by atoms with van der Waals surface area (Å²) < 4.78 is 5.24. The monoisotopic (exact) mass is 438 g/mol. The van der Waals surface area contributed by atoms with Crippen LogP contribution in [0.15, 0.2) is 60.7 Å². The standard InChI is InChI=1S/C24H30N4O4/c25-22(29)12-11-21(26-24(31)32-18-20-9-5-2-6-10-20)23(30)28-15-13-27(14-16-28)17-19-7-3-1-4-8-19/h1-10,21H,11-18H2,(H2,25,29)(H,26,31)/t21-/m0/s1. The maximum atomic E-state index is 13.1. The molecule has 1 heterocycles. The number of alkyl carbamates (subject to hydrolysis) is 1. The third-order valence-electron chi connectivity index (χ3n) is 5.42. The van der Waals surface area contributed by atoms with Gasteiger partial charge in [0, 0.05) is 39.1 Å². The van der Waals surface area contributed by atoms with E-state index >= 15 is 0 Å². The SMILES string of the molecule is NC(=O)CC[C@H](NC(=O)OCc1ccccc1)C(=O)N1CCN(Cc2ccccc2)CC1. The van der Waals surface area contributed by atoms with Crippen LogP contribution in [0.25, 0.3) is 0 Å². The van der Waals surface area contributed by atoms with Gasteiger partial charge in [-0.25, -0.2) is 4.79 Å². The lowest BCUT2D eigenvalue weighted by molar-refractivity contribution is -0.135. The van der Waals surface area contributed by atoms with Gasteiger partial charge in [-0.3, -0.25) is 14.5 Å². The summed E-state index contributed by atoms with van der Waals surface area (Å²) in [5, 5.41) is 2.62. The molecule has 1 atom stereocenters. The fourth-order valence-corrected chi connectivity index (χ4v) is 3.64. The number of hydrogen-bond donors (Lipinski definition) is 2. The molecule has 1 aliphatic rings. The van der Waals surface area contributed by atoms with Gasteiger partial charge in [0.2, 0.25) is 11.8 Å². The van der Waals surface area contributed by atoms with Crippen molar-refractivity contribution in [2.75, 3.05) is 26.2 Å². The van der Waals surface area contributed by atoms with E-state index in [-0.39, 0.29) is 25.4 Å². The molecule has 8 nitrogen and oxygen atoms in total. The first kappa shape index (κ1) is 23.3. The molecule has 0 spiro atoms. The zero-order valence-corrected chi connectivity index (χ0v) is 18.1. The molecule has 1 aliphatic heterocycles. The highest BCUT2D eigenvalue weighted by molar-refractivity contribution is 5.86. The number of piperazine rings is 1. The molecular weight excluding hydrogens is 408 g/mol. The van der Waals surface area contributed by atoms with Crippen molar-refractivity contribution in [3.8, 4) is 0 Å². The lowest BCUT2D eigenvalue weighted by atomic mass is 10.1. The Morgan fingerprint density at radius 2 is 1.50 bits per heavy atom. The number of amides is 3. The van der Waals surface area contributed by atoms with Gasteiger partial charge in [-0.15, -0.1) is 0 Å². The Morgan fingerprint density at radius 3 is 2.09 bits per heavy atom. The van der Waals surface area contributed by atoms with Crippen molar-refractivity contribution in [3.05, 3.63) is 71.8 Å². The van der Waals surface area contributed by atoms with Crippen molar-refractivity contribution in [3.63, 3.8) is 0 Å². The Bertz CT molecular complexity index is 883. The normalized spacial score (nSPS) is 15.1. The summed E-state index contributed by atoms with van der Waals surface area (Å²) >= 11 is 0. The molecule has 0 unspecified atom stereocenters. The summed E-state index contributed by atoms with van der Waals surface area (Å²) in [6.45, 7) is 3.52. The van der Waals surface area contributed by atoms with Crippen molar-refractivity contribution in [2.45, 2.75) is 32.0 Å². The van der Waals surface area contributed by atoms with Gasteiger partial charge in [-0.05, 0) is 17.5 Å². The number of carbonyl (C=O) groups excluding carboxylic acids is 3. The molecular formula is C24H30N4O4. The van der Waals surface area contributed by atoms with Crippen LogP contribution in [0.5, 0.6) is 0 Å². The van der Waals surface area contributed by atoms with Gasteiger partial charge >= 0.3 is 6.09 Å². The van der Waals surface area contributed by atoms with Gasteiger partial charge in [-0.2, -0.15) is 0 Å². The second kappa shape index (κ2) is 11.9. The molecule has 1 fully saturated rings. The van der Waals surface area contributed by atoms with E-state index in [0.29, 0.717) is 13.1 Å². The maximum absolute atomic E-state index is 13.1. The highest BCUT2D eigenvalue weighted by Gasteiger charge is 2.29. The molecule has 32 heavy (non-hydrogen) atoms. The lowest BCUT2D eigenvalue weighted by Gasteiger charge is -2.36. The number of carbonyl (C=O) groups is 3. The fraction of sp³-hybridized carbons (Fsp3) is 0.375. The van der Waals surface area contributed by atoms with Gasteiger partial charge in [0.25, 0.3) is 0 Å². The zero-order valence-electron chi connectivity index (χ0n) is 18.1. The third-order valence-corrected chi connectivity index (χ3v) is 5.42. The van der Waals surface area contributed by atoms with E-state index in [1.54, 1.807) is 4.90 Å². The molecule has 8 heteroatoms. The fourth-order valence-electron chi connectivity index (χ4n) is 3.64. The van der Waals surface area contributed by atoms with Gasteiger partial charge in [0.15, 0.2) is 0 Å². The second-order valence-corrected chi connectivity index (χ2v) is 7.85. The number of primary amides is 1. The van der Waals surface area contributed by atoms with E-state index in [2.05, 4.69) is 22.3 Å². The first-order valence-electron chi connectivity index (χ1n) is 10.8. The molecule has 2 aromatic rings. The van der Waals surface area contributed by atoms with Crippen molar-refractivity contribution in [1.82, 2.24) is 15.1 Å². The molecule has 0 aliphatic carbocycles. The molecule has 3 N–H and O–H groups in total. The number of nitrogens with two attached hydrogens (primary N) is 1. The van der Waals surface area contributed by atoms with E-state index in [0.717, 1.165) is 25.2 Å². The van der Waals surface area contributed by atoms with Crippen LogP contribution in [-0.2, 0) is 27.5 Å². The predicted octanol–water partition coefficient (Wildman–Crippen LogP) is 1.89. The minimum atomic E-state index is -0.855. The van der Waals surface area contributed by atoms with E-state index in [9.17, 15) is 14.4 Å². The van der Waals surface area contributed by atoms with E-state index in [1.165, 1.54) is 5.56 Å². The maximum Gasteiger partial charge on any atom is 0.408 e. The summed E-state index contributed by atoms with van der Waals surface area (Å²) in [7, 11) is 0. The quantitative estimate of drug-likeness (QED) is 0.622. The number of rotatable bonds is 9. The van der Waals surface area contributed by atoms with Gasteiger partial charge in [0.05, 0.1) is 0 Å². The second-order valence-electron chi connectivity index (χ2n) is 7.85. The number of nitrogens with one attached hydrogen (secondary N) is 1. The van der Waals surface area contributed by atoms with Crippen LogP contribution in [0.1, 0.15) is 24.0 Å². The first-order valence-corrected chi connectivity index (χ1v) is 10.8. The molecule has 0 aromatic heterocycles. The van der Waals surface area contributed by atoms with Gasteiger partial charge in [-0.1, -0.05) is 60.7 Å². The van der Waals surface area contributed by atoms with Crippen molar-refractivity contribution in [1.29, 1.82) is 0 Å². The summed E-state index contributed by atoms with van der Waals surface area (Å²) in [4.78, 5) is 40.6. The van der Waals surface area contributed by atoms with Crippen molar-refractivity contribution < 1.29 is 19.1 Å². The molecule has 0 saturated carbocycles. The Morgan fingerprint density at radius 1 is 0.906 bits per heavy atom. The van der Waals surface area contributed by atoms with Crippen LogP contribution in [-0.4, -0.2) is 59.9 Å². The Labute approximate surface area is 188 Å². The summed E-state index contributed by atoms with van der Waals surface area (Å²) in [6, 6.07) is 18.6. The van der Waals surface area contributed by atoms with Crippen LogP contribution in [0.3, 0.4) is 0 Å². The van der Waals surface area contributed by atoms with Crippen LogP contribution in [0.4, 0.5) is 4.79 Å². The molecule has 2 aromatic carbocycles. The van der Waals surface area contributed by atoms with Crippen molar-refractivity contribution in [2.24, 2.45) is 5.73 Å². The van der Waals surface area contributed by atoms with Crippen LogP contribution >= 0.6 is 0 Å². The third kappa shape index (κ3) is 7.39. The smallest absolute Gasteiger partial charge is 0.408 e. The molecule has 0 bridgehead atoms. The Kier molecular flexibility index (Phi) is 8.62. The molecule has 1 saturated heterocycles. The summed E-state index contributed by atoms with van der Waals surface area (Å²) in [6.07, 6.45) is -0.554. The number of nitrogens with zero attached hydrogens (tertiary/aromatic N) is 2. The Balaban J connectivity index is 1.52. The number of hydrogen-bond acceptors (Lipinski definition) is 5. The van der Waals surface area contributed by atoms with Gasteiger partial charge < -0.3 is 20.7 Å². The number of ether oxygens (including phenoxy) is 1. The summed E-state index contributed by atoms with van der Waals surface area (Å²) in [5.41, 5.74) is 7.34. The van der Waals surface area contributed by atoms with E-state index in [4.69, 9.17) is 10.5 Å². The van der Waals surface area contributed by atoms with Crippen LogP contribution in [0.2, 0.25) is 0 Å². The molecule has 3 amide bonds. The first-order chi connectivity index (χ1) is 15.5. The van der Waals surface area contributed by atoms with Crippen LogP contribution < -0.4 is 11.1 Å². The average Bonchev–Trinajstić information content (AvgIpc) is 2.82. The lowest BCUT2D eigenvalue weighted by Crippen LogP contribution is -2.55. The molecule has 3 rings (SSSR count). The average molecular weight is 439 g/mol. The predicted molar refractivity (Wildman–Crippen MR) is 120 cm³/mol. The van der Waals surface area contributed by atoms with E-state index < -0.39 is 18.0 Å². The Hall–Kier alpha value is -3.39. The minimum Gasteiger partial charge on any atom is -0.445 e. The zero-order chi connectivity index (χ0) is 22.8. The topological polar surface area (TPSA) is 105 Å². The van der Waals surface area contributed by atoms with E-state index in [1.807, 2.05) is 48.5 Å². The molecule has 0 radical (unpaired) electrons. The van der Waals surface area contributed by atoms with Gasteiger partial charge in [0.1, 0.15) is 12.6 Å².